The molecule has 6 heteroatoms. The summed E-state index contributed by atoms with van der Waals surface area (Å²) < 4.78 is 50.0. The SMILES string of the molecule is O=COC1(c2ccc(-c3ccc(C(F)(F)F)cc3)c(OCC3CC3)c2)CCC1. The standard InChI is InChI=1S/C22H21F3O3/c23-22(24,25)17-6-4-16(5-7-17)19-9-8-18(21(28-14-26)10-1-11-21)12-20(19)27-13-15-2-3-15/h4-9,12,14-15H,1-3,10-11,13H2. The molecule has 0 atom stereocenters. The molecule has 0 bridgehead atoms. The molecule has 2 fully saturated rings. The smallest absolute Gasteiger partial charge is 0.416 e. The molecule has 0 saturated heterocycles. The van der Waals surface area contributed by atoms with E-state index in [-0.39, 0.29) is 0 Å². The zero-order valence-corrected chi connectivity index (χ0v) is 15.3. The van der Waals surface area contributed by atoms with Gasteiger partial charge in [-0.25, -0.2) is 0 Å². The van der Waals surface area contributed by atoms with Gasteiger partial charge in [0.1, 0.15) is 11.4 Å². The summed E-state index contributed by atoms with van der Waals surface area (Å²) in [6.07, 6.45) is 0.394. The first kappa shape index (κ1) is 18.8. The molecule has 2 aliphatic carbocycles. The Balaban J connectivity index is 1.68. The van der Waals surface area contributed by atoms with Gasteiger partial charge in [-0.05, 0) is 67.3 Å². The summed E-state index contributed by atoms with van der Waals surface area (Å²) in [6.45, 7) is 1.06. The maximum atomic E-state index is 12.9. The van der Waals surface area contributed by atoms with Crippen molar-refractivity contribution in [3.05, 3.63) is 53.6 Å². The molecule has 2 aliphatic rings. The van der Waals surface area contributed by atoms with E-state index in [0.717, 1.165) is 55.4 Å². The molecule has 0 radical (unpaired) electrons. The van der Waals surface area contributed by atoms with E-state index >= 15 is 0 Å². The minimum absolute atomic E-state index is 0.480. The summed E-state index contributed by atoms with van der Waals surface area (Å²) in [7, 11) is 0. The van der Waals surface area contributed by atoms with Gasteiger partial charge in [0.15, 0.2) is 0 Å². The number of rotatable bonds is 7. The lowest BCUT2D eigenvalue weighted by Gasteiger charge is -2.40. The number of carbonyl (C=O) groups excluding carboxylic acids is 1. The van der Waals surface area contributed by atoms with Crippen LogP contribution in [0.1, 0.15) is 43.2 Å². The molecule has 0 aromatic heterocycles. The largest absolute Gasteiger partial charge is 0.493 e. The van der Waals surface area contributed by atoms with Crippen LogP contribution in [0.25, 0.3) is 11.1 Å². The fourth-order valence-corrected chi connectivity index (χ4v) is 3.56. The van der Waals surface area contributed by atoms with Gasteiger partial charge in [0, 0.05) is 5.56 Å². The van der Waals surface area contributed by atoms with Crippen molar-refractivity contribution in [2.24, 2.45) is 5.92 Å². The molecule has 2 aromatic carbocycles. The predicted molar refractivity (Wildman–Crippen MR) is 97.8 cm³/mol. The van der Waals surface area contributed by atoms with Gasteiger partial charge in [0.05, 0.1) is 12.2 Å². The van der Waals surface area contributed by atoms with Crippen LogP contribution in [-0.2, 0) is 21.3 Å². The summed E-state index contributed by atoms with van der Waals surface area (Å²) in [6, 6.07) is 10.7. The van der Waals surface area contributed by atoms with Crippen molar-refractivity contribution >= 4 is 6.47 Å². The van der Waals surface area contributed by atoms with Gasteiger partial charge in [-0.15, -0.1) is 0 Å². The first-order valence-electron chi connectivity index (χ1n) is 9.48. The van der Waals surface area contributed by atoms with Crippen molar-refractivity contribution in [3.8, 4) is 16.9 Å². The highest BCUT2D eigenvalue weighted by Gasteiger charge is 2.41. The lowest BCUT2D eigenvalue weighted by atomic mass is 9.74. The number of hydrogen-bond acceptors (Lipinski definition) is 3. The Hall–Kier alpha value is -2.50. The number of halogens is 3. The summed E-state index contributed by atoms with van der Waals surface area (Å²) in [5.74, 6) is 1.15. The second kappa shape index (κ2) is 7.15. The molecule has 0 amide bonds. The Morgan fingerprint density at radius 2 is 1.79 bits per heavy atom. The minimum atomic E-state index is -4.36. The van der Waals surface area contributed by atoms with Crippen LogP contribution < -0.4 is 4.74 Å². The fourth-order valence-electron chi connectivity index (χ4n) is 3.56. The van der Waals surface area contributed by atoms with Crippen LogP contribution in [0.3, 0.4) is 0 Å². The summed E-state index contributed by atoms with van der Waals surface area (Å²) in [5, 5.41) is 0. The highest BCUT2D eigenvalue weighted by Crippen LogP contribution is 2.47. The monoisotopic (exact) mass is 390 g/mol. The first-order valence-corrected chi connectivity index (χ1v) is 9.48. The number of carbonyl (C=O) groups is 1. The fraction of sp³-hybridized carbons (Fsp3) is 0.409. The third-order valence-electron chi connectivity index (χ3n) is 5.64. The van der Waals surface area contributed by atoms with Crippen LogP contribution >= 0.6 is 0 Å². The summed E-state index contributed by atoms with van der Waals surface area (Å²) in [5.41, 5.74) is 0.967. The second-order valence-corrected chi connectivity index (χ2v) is 7.60. The molecular weight excluding hydrogens is 369 g/mol. The van der Waals surface area contributed by atoms with Gasteiger partial charge in [-0.1, -0.05) is 24.3 Å². The van der Waals surface area contributed by atoms with Gasteiger partial charge < -0.3 is 9.47 Å². The van der Waals surface area contributed by atoms with Crippen molar-refractivity contribution in [2.75, 3.05) is 6.61 Å². The van der Waals surface area contributed by atoms with E-state index in [1.165, 1.54) is 12.1 Å². The predicted octanol–water partition coefficient (Wildman–Crippen LogP) is 5.71. The molecule has 28 heavy (non-hydrogen) atoms. The van der Waals surface area contributed by atoms with Crippen LogP contribution in [0.4, 0.5) is 13.2 Å². The zero-order chi connectivity index (χ0) is 19.8. The minimum Gasteiger partial charge on any atom is -0.493 e. The van der Waals surface area contributed by atoms with E-state index in [4.69, 9.17) is 9.47 Å². The van der Waals surface area contributed by atoms with Gasteiger partial charge in [-0.2, -0.15) is 13.2 Å². The van der Waals surface area contributed by atoms with Crippen LogP contribution in [0.5, 0.6) is 5.75 Å². The van der Waals surface area contributed by atoms with Crippen LogP contribution in [0.15, 0.2) is 42.5 Å². The Morgan fingerprint density at radius 3 is 2.32 bits per heavy atom. The van der Waals surface area contributed by atoms with Gasteiger partial charge in [-0.3, -0.25) is 4.79 Å². The third kappa shape index (κ3) is 3.73. The van der Waals surface area contributed by atoms with E-state index < -0.39 is 17.3 Å². The Morgan fingerprint density at radius 1 is 1.07 bits per heavy atom. The molecule has 2 saturated carbocycles. The van der Waals surface area contributed by atoms with E-state index in [1.54, 1.807) is 0 Å². The number of benzene rings is 2. The molecular formula is C22H21F3O3. The molecule has 0 spiro atoms. The van der Waals surface area contributed by atoms with Crippen molar-refractivity contribution in [1.29, 1.82) is 0 Å². The topological polar surface area (TPSA) is 35.5 Å². The zero-order valence-electron chi connectivity index (χ0n) is 15.3. The van der Waals surface area contributed by atoms with Crippen molar-refractivity contribution in [3.63, 3.8) is 0 Å². The van der Waals surface area contributed by atoms with Crippen molar-refractivity contribution in [1.82, 2.24) is 0 Å². The molecule has 0 heterocycles. The van der Waals surface area contributed by atoms with Crippen LogP contribution in [0.2, 0.25) is 0 Å². The maximum absolute atomic E-state index is 12.9. The van der Waals surface area contributed by atoms with E-state index in [0.29, 0.717) is 30.3 Å². The molecule has 0 N–H and O–H groups in total. The number of ether oxygens (including phenoxy) is 2. The average Bonchev–Trinajstić information content (AvgIpc) is 3.47. The second-order valence-electron chi connectivity index (χ2n) is 7.60. The van der Waals surface area contributed by atoms with Gasteiger partial charge in [0.25, 0.3) is 6.47 Å². The van der Waals surface area contributed by atoms with Gasteiger partial charge in [0.2, 0.25) is 0 Å². The Labute approximate surface area is 161 Å². The van der Waals surface area contributed by atoms with Crippen LogP contribution in [0, 0.1) is 5.92 Å². The summed E-state index contributed by atoms with van der Waals surface area (Å²) in [4.78, 5) is 11.0. The lowest BCUT2D eigenvalue weighted by Crippen LogP contribution is -2.36. The number of alkyl halides is 3. The highest BCUT2D eigenvalue weighted by atomic mass is 19.4. The normalized spacial score (nSPS) is 18.2. The summed E-state index contributed by atoms with van der Waals surface area (Å²) >= 11 is 0. The van der Waals surface area contributed by atoms with E-state index in [2.05, 4.69) is 0 Å². The quantitative estimate of drug-likeness (QED) is 0.568. The Bertz CT molecular complexity index is 850. The molecule has 4 rings (SSSR count). The Kier molecular flexibility index (Phi) is 4.81. The van der Waals surface area contributed by atoms with E-state index in [1.807, 2.05) is 18.2 Å². The van der Waals surface area contributed by atoms with Crippen molar-refractivity contribution < 1.29 is 27.4 Å². The van der Waals surface area contributed by atoms with Gasteiger partial charge >= 0.3 is 6.18 Å². The lowest BCUT2D eigenvalue weighted by molar-refractivity contribution is -0.155. The molecule has 0 aliphatic heterocycles. The van der Waals surface area contributed by atoms with E-state index in [9.17, 15) is 18.0 Å². The number of hydrogen-bond donors (Lipinski definition) is 0. The highest BCUT2D eigenvalue weighted by molar-refractivity contribution is 5.71. The first-order chi connectivity index (χ1) is 13.4. The molecule has 148 valence electrons. The molecule has 2 aromatic rings. The average molecular weight is 390 g/mol. The molecule has 3 nitrogen and oxygen atoms in total. The molecule has 0 unspecified atom stereocenters. The van der Waals surface area contributed by atoms with Crippen molar-refractivity contribution in [2.45, 2.75) is 43.9 Å². The third-order valence-corrected chi connectivity index (χ3v) is 5.64. The maximum Gasteiger partial charge on any atom is 0.416 e. The van der Waals surface area contributed by atoms with Crippen LogP contribution in [-0.4, -0.2) is 13.1 Å².